The Labute approximate surface area is 109 Å². The molecule has 0 radical (unpaired) electrons. The lowest BCUT2D eigenvalue weighted by atomic mass is 9.91. The fourth-order valence-electron chi connectivity index (χ4n) is 2.95. The molecule has 2 heterocycles. The maximum atomic E-state index is 7.75. The van der Waals surface area contributed by atoms with E-state index in [0.717, 1.165) is 30.0 Å². The van der Waals surface area contributed by atoms with Gasteiger partial charge in [-0.3, -0.25) is 5.41 Å². The molecule has 2 atom stereocenters. The van der Waals surface area contributed by atoms with Crippen LogP contribution in [0.15, 0.2) is 12.3 Å². The molecule has 2 rings (SSSR count). The number of hydrogen-bond donors (Lipinski definition) is 2. The minimum atomic E-state index is 0.112. The summed E-state index contributed by atoms with van der Waals surface area (Å²) in [6, 6.07) is 1.91. The highest BCUT2D eigenvalue weighted by Gasteiger charge is 2.25. The highest BCUT2D eigenvalue weighted by molar-refractivity contribution is 6.01. The van der Waals surface area contributed by atoms with E-state index in [1.54, 1.807) is 6.20 Å². The van der Waals surface area contributed by atoms with Crippen molar-refractivity contribution in [2.45, 2.75) is 27.2 Å². The summed E-state index contributed by atoms with van der Waals surface area (Å²) in [5.74, 6) is 2.31. The number of nitrogen functional groups attached to an aromatic ring is 1. The molecule has 1 saturated heterocycles. The van der Waals surface area contributed by atoms with Crippen LogP contribution in [0.4, 0.5) is 5.82 Å². The van der Waals surface area contributed by atoms with Gasteiger partial charge in [0, 0.05) is 19.3 Å². The van der Waals surface area contributed by atoms with E-state index in [9.17, 15) is 0 Å². The van der Waals surface area contributed by atoms with Gasteiger partial charge >= 0.3 is 0 Å². The van der Waals surface area contributed by atoms with Gasteiger partial charge in [-0.05, 0) is 36.8 Å². The summed E-state index contributed by atoms with van der Waals surface area (Å²) in [4.78, 5) is 6.74. The number of anilines is 1. The largest absolute Gasteiger partial charge is 0.384 e. The van der Waals surface area contributed by atoms with E-state index >= 15 is 0 Å². The fourth-order valence-corrected chi connectivity index (χ4v) is 2.95. The molecule has 0 saturated carbocycles. The molecule has 0 aliphatic carbocycles. The predicted molar refractivity (Wildman–Crippen MR) is 75.1 cm³/mol. The van der Waals surface area contributed by atoms with Gasteiger partial charge in [0.15, 0.2) is 0 Å². The monoisotopic (exact) mass is 246 g/mol. The summed E-state index contributed by atoms with van der Waals surface area (Å²) in [5.41, 5.74) is 7.52. The molecule has 0 spiro atoms. The van der Waals surface area contributed by atoms with Gasteiger partial charge in [-0.1, -0.05) is 13.8 Å². The third-order valence-electron chi connectivity index (χ3n) is 3.58. The first kappa shape index (κ1) is 12.9. The number of nitrogens with zero attached hydrogens (tertiary/aromatic N) is 2. The van der Waals surface area contributed by atoms with Gasteiger partial charge in [-0.2, -0.15) is 0 Å². The number of piperidine rings is 1. The molecule has 1 aliphatic heterocycles. The maximum absolute atomic E-state index is 7.75. The van der Waals surface area contributed by atoms with Crippen LogP contribution in [-0.4, -0.2) is 23.9 Å². The zero-order valence-electron chi connectivity index (χ0n) is 11.4. The Morgan fingerprint density at radius 2 is 2.00 bits per heavy atom. The third-order valence-corrected chi connectivity index (χ3v) is 3.58. The molecular formula is C14H22N4. The topological polar surface area (TPSA) is 66.0 Å². The first-order chi connectivity index (χ1) is 8.49. The number of nitrogens with two attached hydrogens (primary N) is 1. The molecule has 98 valence electrons. The van der Waals surface area contributed by atoms with Crippen LogP contribution in [0.2, 0.25) is 0 Å². The van der Waals surface area contributed by atoms with Crippen molar-refractivity contribution in [1.29, 1.82) is 5.41 Å². The van der Waals surface area contributed by atoms with Crippen molar-refractivity contribution in [2.24, 2.45) is 17.6 Å². The third kappa shape index (κ3) is 2.47. The highest BCUT2D eigenvalue weighted by Crippen LogP contribution is 2.28. The second-order valence-corrected chi connectivity index (χ2v) is 5.59. The molecule has 4 nitrogen and oxygen atoms in total. The van der Waals surface area contributed by atoms with Crippen LogP contribution >= 0.6 is 0 Å². The Bertz CT molecular complexity index is 445. The molecule has 1 aromatic rings. The molecule has 0 aromatic carbocycles. The van der Waals surface area contributed by atoms with Crippen LogP contribution < -0.4 is 10.6 Å². The van der Waals surface area contributed by atoms with E-state index in [2.05, 4.69) is 23.7 Å². The van der Waals surface area contributed by atoms with Crippen molar-refractivity contribution >= 4 is 11.7 Å². The summed E-state index contributed by atoms with van der Waals surface area (Å²) in [6.07, 6.45) is 3.07. The Kier molecular flexibility index (Phi) is 3.55. The molecule has 4 heteroatoms. The lowest BCUT2D eigenvalue weighted by Crippen LogP contribution is -2.40. The van der Waals surface area contributed by atoms with Crippen LogP contribution in [0.1, 0.15) is 31.4 Å². The second kappa shape index (κ2) is 4.96. The molecule has 0 amide bonds. The predicted octanol–water partition coefficient (Wildman–Crippen LogP) is 2.16. The molecule has 2 unspecified atom stereocenters. The van der Waals surface area contributed by atoms with Crippen molar-refractivity contribution in [3.05, 3.63) is 23.4 Å². The molecule has 0 bridgehead atoms. The van der Waals surface area contributed by atoms with Crippen LogP contribution in [0.5, 0.6) is 0 Å². The number of pyridine rings is 1. The highest BCUT2D eigenvalue weighted by atomic mass is 15.2. The van der Waals surface area contributed by atoms with E-state index in [1.807, 2.05) is 13.0 Å². The smallest absolute Gasteiger partial charge is 0.139 e. The zero-order valence-corrected chi connectivity index (χ0v) is 11.4. The lowest BCUT2D eigenvalue weighted by molar-refractivity contribution is 0.355. The Balaban J connectivity index is 2.38. The lowest BCUT2D eigenvalue weighted by Gasteiger charge is -2.36. The number of aryl methyl sites for hydroxylation is 1. The van der Waals surface area contributed by atoms with E-state index in [-0.39, 0.29) is 5.84 Å². The van der Waals surface area contributed by atoms with Crippen LogP contribution in [0.25, 0.3) is 0 Å². The van der Waals surface area contributed by atoms with E-state index in [1.165, 1.54) is 6.42 Å². The average molecular weight is 246 g/mol. The molecule has 1 aliphatic rings. The number of hydrogen-bond acceptors (Lipinski definition) is 3. The average Bonchev–Trinajstić information content (AvgIpc) is 2.26. The number of rotatable bonds is 2. The maximum Gasteiger partial charge on any atom is 0.139 e. The van der Waals surface area contributed by atoms with Gasteiger partial charge in [0.25, 0.3) is 0 Å². The summed E-state index contributed by atoms with van der Waals surface area (Å²) in [5, 5.41) is 7.75. The summed E-state index contributed by atoms with van der Waals surface area (Å²) >= 11 is 0. The van der Waals surface area contributed by atoms with Gasteiger partial charge in [0.1, 0.15) is 11.7 Å². The minimum absolute atomic E-state index is 0.112. The van der Waals surface area contributed by atoms with Crippen molar-refractivity contribution in [3.8, 4) is 0 Å². The van der Waals surface area contributed by atoms with Gasteiger partial charge in [0.05, 0.1) is 5.56 Å². The van der Waals surface area contributed by atoms with Crippen molar-refractivity contribution in [2.75, 3.05) is 18.0 Å². The Morgan fingerprint density at radius 3 is 2.56 bits per heavy atom. The summed E-state index contributed by atoms with van der Waals surface area (Å²) in [6.45, 7) is 8.53. The Hall–Kier alpha value is -1.58. The normalized spacial score (nSPS) is 24.1. The van der Waals surface area contributed by atoms with E-state index < -0.39 is 0 Å². The zero-order chi connectivity index (χ0) is 13.3. The standard InChI is InChI=1S/C14H22N4/c1-9-6-10(2)8-18(7-9)14-12(13(15)16)11(3)4-5-17-14/h4-5,9-10H,6-8H2,1-3H3,(H3,15,16). The number of amidine groups is 1. The summed E-state index contributed by atoms with van der Waals surface area (Å²) < 4.78 is 0. The quantitative estimate of drug-likeness (QED) is 0.620. The van der Waals surface area contributed by atoms with E-state index in [4.69, 9.17) is 11.1 Å². The molecule has 18 heavy (non-hydrogen) atoms. The molecule has 1 fully saturated rings. The second-order valence-electron chi connectivity index (χ2n) is 5.59. The molecule has 1 aromatic heterocycles. The Morgan fingerprint density at radius 1 is 1.39 bits per heavy atom. The van der Waals surface area contributed by atoms with Crippen molar-refractivity contribution in [1.82, 2.24) is 4.98 Å². The minimum Gasteiger partial charge on any atom is -0.384 e. The van der Waals surface area contributed by atoms with E-state index in [0.29, 0.717) is 11.8 Å². The SMILES string of the molecule is Cc1ccnc(N2CC(C)CC(C)C2)c1C(=N)N. The van der Waals surface area contributed by atoms with Crippen LogP contribution in [0.3, 0.4) is 0 Å². The fraction of sp³-hybridized carbons (Fsp3) is 0.571. The molecular weight excluding hydrogens is 224 g/mol. The van der Waals surface area contributed by atoms with Crippen molar-refractivity contribution < 1.29 is 0 Å². The summed E-state index contributed by atoms with van der Waals surface area (Å²) in [7, 11) is 0. The first-order valence-electron chi connectivity index (χ1n) is 6.54. The van der Waals surface area contributed by atoms with Gasteiger partial charge in [-0.15, -0.1) is 0 Å². The van der Waals surface area contributed by atoms with Crippen LogP contribution in [-0.2, 0) is 0 Å². The van der Waals surface area contributed by atoms with Crippen LogP contribution in [0, 0.1) is 24.2 Å². The van der Waals surface area contributed by atoms with Gasteiger partial charge < -0.3 is 10.6 Å². The van der Waals surface area contributed by atoms with Gasteiger partial charge in [0.2, 0.25) is 0 Å². The molecule has 3 N–H and O–H groups in total. The number of aromatic nitrogens is 1. The van der Waals surface area contributed by atoms with Crippen molar-refractivity contribution in [3.63, 3.8) is 0 Å². The first-order valence-corrected chi connectivity index (χ1v) is 6.54. The number of nitrogens with one attached hydrogen (secondary N) is 1. The van der Waals surface area contributed by atoms with Gasteiger partial charge in [-0.25, -0.2) is 4.98 Å².